The summed E-state index contributed by atoms with van der Waals surface area (Å²) < 4.78 is 5.50. The van der Waals surface area contributed by atoms with Gasteiger partial charge in [0.2, 0.25) is 0 Å². The van der Waals surface area contributed by atoms with Crippen LogP contribution in [0, 0.1) is 6.92 Å². The Kier molecular flexibility index (Phi) is 7.91. The summed E-state index contributed by atoms with van der Waals surface area (Å²) in [6, 6.07) is 20.0. The van der Waals surface area contributed by atoms with Gasteiger partial charge in [-0.3, -0.25) is 14.5 Å². The average molecular weight is 513 g/mol. The molecule has 6 heteroatoms. The Bertz CT molecular complexity index is 1370. The summed E-state index contributed by atoms with van der Waals surface area (Å²) in [6.07, 6.45) is 0. The summed E-state index contributed by atoms with van der Waals surface area (Å²) in [5.41, 5.74) is 4.85. The van der Waals surface area contributed by atoms with Gasteiger partial charge in [0.05, 0.1) is 18.7 Å². The number of Topliss-reactive ketones (excluding diaryl/α,β-unsaturated/α-hetero) is 1. The molecule has 1 amide bonds. The summed E-state index contributed by atoms with van der Waals surface area (Å²) in [5, 5.41) is 11.6. The predicted molar refractivity (Wildman–Crippen MR) is 153 cm³/mol. The van der Waals surface area contributed by atoms with E-state index in [1.807, 2.05) is 75.4 Å². The van der Waals surface area contributed by atoms with E-state index in [0.29, 0.717) is 17.0 Å². The van der Waals surface area contributed by atoms with Crippen molar-refractivity contribution in [3.05, 3.63) is 94.6 Å². The van der Waals surface area contributed by atoms with Crippen LogP contribution in [0.5, 0.6) is 5.75 Å². The van der Waals surface area contributed by atoms with Gasteiger partial charge in [0.15, 0.2) is 0 Å². The zero-order chi connectivity index (χ0) is 27.6. The quantitative estimate of drug-likeness (QED) is 0.209. The SMILES string of the molecule is CCN(CC)c1ccc(C2/C(=C(/O)c3ccc(OC)c(C(C)C)c3)C(=O)C(=O)N2c2cccc(C)c2)cc1. The molecular formula is C32H36N2O4. The lowest BCUT2D eigenvalue weighted by Gasteiger charge is -2.27. The maximum Gasteiger partial charge on any atom is 0.300 e. The summed E-state index contributed by atoms with van der Waals surface area (Å²) in [5.74, 6) is -0.715. The molecule has 0 radical (unpaired) electrons. The summed E-state index contributed by atoms with van der Waals surface area (Å²) >= 11 is 0. The number of nitrogens with zero attached hydrogens (tertiary/aromatic N) is 2. The van der Waals surface area contributed by atoms with Gasteiger partial charge in [0.25, 0.3) is 11.7 Å². The largest absolute Gasteiger partial charge is 0.507 e. The molecule has 3 aromatic carbocycles. The topological polar surface area (TPSA) is 70.1 Å². The van der Waals surface area contributed by atoms with Gasteiger partial charge in [-0.25, -0.2) is 0 Å². The van der Waals surface area contributed by atoms with Crippen molar-refractivity contribution in [2.24, 2.45) is 0 Å². The third-order valence-electron chi connectivity index (χ3n) is 7.19. The van der Waals surface area contributed by atoms with Gasteiger partial charge in [0.1, 0.15) is 11.5 Å². The van der Waals surface area contributed by atoms with Crippen LogP contribution in [0.2, 0.25) is 0 Å². The lowest BCUT2D eigenvalue weighted by atomic mass is 9.93. The fourth-order valence-corrected chi connectivity index (χ4v) is 5.14. The van der Waals surface area contributed by atoms with Crippen LogP contribution in [0.25, 0.3) is 5.76 Å². The lowest BCUT2D eigenvalue weighted by Crippen LogP contribution is -2.29. The molecular weight excluding hydrogens is 476 g/mol. The lowest BCUT2D eigenvalue weighted by molar-refractivity contribution is -0.132. The van der Waals surface area contributed by atoms with Gasteiger partial charge in [-0.15, -0.1) is 0 Å². The van der Waals surface area contributed by atoms with Gasteiger partial charge < -0.3 is 14.7 Å². The minimum Gasteiger partial charge on any atom is -0.507 e. The molecule has 1 fully saturated rings. The minimum absolute atomic E-state index is 0.0759. The van der Waals surface area contributed by atoms with E-state index < -0.39 is 17.7 Å². The number of hydrogen-bond acceptors (Lipinski definition) is 5. The normalized spacial score (nSPS) is 16.8. The molecule has 1 N–H and O–H groups in total. The fourth-order valence-electron chi connectivity index (χ4n) is 5.14. The van der Waals surface area contributed by atoms with Crippen LogP contribution in [0.15, 0.2) is 72.3 Å². The van der Waals surface area contributed by atoms with Crippen molar-refractivity contribution in [1.29, 1.82) is 0 Å². The van der Waals surface area contributed by atoms with Crippen LogP contribution in [-0.4, -0.2) is 37.0 Å². The summed E-state index contributed by atoms with van der Waals surface area (Å²) in [7, 11) is 1.61. The van der Waals surface area contributed by atoms with Crippen LogP contribution in [0.1, 0.15) is 61.9 Å². The fraction of sp³-hybridized carbons (Fsp3) is 0.312. The Labute approximate surface area is 225 Å². The second kappa shape index (κ2) is 11.1. The Morgan fingerprint density at radius 1 is 1.00 bits per heavy atom. The van der Waals surface area contributed by atoms with Crippen LogP contribution >= 0.6 is 0 Å². The molecule has 1 heterocycles. The van der Waals surface area contributed by atoms with E-state index in [4.69, 9.17) is 4.74 Å². The average Bonchev–Trinajstić information content (AvgIpc) is 3.19. The summed E-state index contributed by atoms with van der Waals surface area (Å²) in [6.45, 7) is 12.0. The molecule has 0 saturated carbocycles. The molecule has 0 bridgehead atoms. The van der Waals surface area contributed by atoms with E-state index >= 15 is 0 Å². The minimum atomic E-state index is -0.771. The van der Waals surface area contributed by atoms with Gasteiger partial charge >= 0.3 is 0 Å². The number of amides is 1. The van der Waals surface area contributed by atoms with Crippen molar-refractivity contribution >= 4 is 28.8 Å². The molecule has 0 spiro atoms. The Morgan fingerprint density at radius 3 is 2.26 bits per heavy atom. The van der Waals surface area contributed by atoms with Crippen molar-refractivity contribution in [3.8, 4) is 5.75 Å². The molecule has 3 aromatic rings. The maximum atomic E-state index is 13.5. The number of ketones is 1. The third-order valence-corrected chi connectivity index (χ3v) is 7.19. The number of aliphatic hydroxyl groups is 1. The van der Waals surface area contributed by atoms with Crippen LogP contribution in [-0.2, 0) is 9.59 Å². The van der Waals surface area contributed by atoms with Gasteiger partial charge in [0, 0.05) is 30.0 Å². The number of aliphatic hydroxyl groups excluding tert-OH is 1. The van der Waals surface area contributed by atoms with Crippen LogP contribution in [0.4, 0.5) is 11.4 Å². The Balaban J connectivity index is 1.92. The van der Waals surface area contributed by atoms with Crippen LogP contribution < -0.4 is 14.5 Å². The highest BCUT2D eigenvalue weighted by atomic mass is 16.5. The monoisotopic (exact) mass is 512 g/mol. The van der Waals surface area contributed by atoms with Gasteiger partial charge in [-0.1, -0.05) is 38.1 Å². The zero-order valence-electron chi connectivity index (χ0n) is 23.0. The van der Waals surface area contributed by atoms with E-state index in [1.165, 1.54) is 4.90 Å². The smallest absolute Gasteiger partial charge is 0.300 e. The highest BCUT2D eigenvalue weighted by Crippen LogP contribution is 2.43. The Hall–Kier alpha value is -4.06. The number of benzene rings is 3. The third kappa shape index (κ3) is 4.91. The first-order valence-electron chi connectivity index (χ1n) is 13.1. The molecule has 38 heavy (non-hydrogen) atoms. The second-order valence-corrected chi connectivity index (χ2v) is 9.88. The van der Waals surface area contributed by atoms with Crippen molar-refractivity contribution in [2.45, 2.75) is 46.6 Å². The number of aryl methyl sites for hydroxylation is 1. The first kappa shape index (κ1) is 27.0. The molecule has 1 unspecified atom stereocenters. The maximum absolute atomic E-state index is 13.5. The van der Waals surface area contributed by atoms with E-state index in [1.54, 1.807) is 19.2 Å². The highest BCUT2D eigenvalue weighted by Gasteiger charge is 2.47. The number of methoxy groups -OCH3 is 1. The van der Waals surface area contributed by atoms with Crippen molar-refractivity contribution in [1.82, 2.24) is 0 Å². The Morgan fingerprint density at radius 2 is 1.68 bits per heavy atom. The van der Waals surface area contributed by atoms with E-state index in [2.05, 4.69) is 18.7 Å². The van der Waals surface area contributed by atoms with Crippen molar-refractivity contribution < 1.29 is 19.4 Å². The first-order valence-corrected chi connectivity index (χ1v) is 13.1. The number of carbonyl (C=O) groups excluding carboxylic acids is 2. The van der Waals surface area contributed by atoms with Crippen molar-refractivity contribution in [2.75, 3.05) is 30.0 Å². The molecule has 198 valence electrons. The first-order chi connectivity index (χ1) is 18.2. The second-order valence-electron chi connectivity index (χ2n) is 9.88. The number of carbonyl (C=O) groups is 2. The number of rotatable bonds is 8. The van der Waals surface area contributed by atoms with E-state index in [-0.39, 0.29) is 17.3 Å². The molecule has 0 aliphatic carbocycles. The van der Waals surface area contributed by atoms with E-state index in [0.717, 1.165) is 35.5 Å². The van der Waals surface area contributed by atoms with Crippen LogP contribution in [0.3, 0.4) is 0 Å². The number of anilines is 2. The molecule has 4 rings (SSSR count). The van der Waals surface area contributed by atoms with Gasteiger partial charge in [-0.2, -0.15) is 0 Å². The molecule has 1 aliphatic rings. The highest BCUT2D eigenvalue weighted by molar-refractivity contribution is 6.51. The molecule has 1 saturated heterocycles. The molecule has 6 nitrogen and oxygen atoms in total. The molecule has 0 aromatic heterocycles. The number of ether oxygens (including phenoxy) is 1. The number of hydrogen-bond donors (Lipinski definition) is 1. The van der Waals surface area contributed by atoms with E-state index in [9.17, 15) is 14.7 Å². The standard InChI is InChI=1S/C32H36N2O4/c1-7-33(8-2)24-15-12-22(13-16-24)29-28(30(35)23-14-17-27(38-6)26(19-23)20(3)4)31(36)32(37)34(29)25-11-9-10-21(5)18-25/h9-20,29,35H,7-8H2,1-6H3/b30-28-. The summed E-state index contributed by atoms with van der Waals surface area (Å²) in [4.78, 5) is 30.8. The predicted octanol–water partition coefficient (Wildman–Crippen LogP) is 6.60. The zero-order valence-corrected chi connectivity index (χ0v) is 23.0. The molecule has 1 aliphatic heterocycles. The van der Waals surface area contributed by atoms with Crippen molar-refractivity contribution in [3.63, 3.8) is 0 Å². The van der Waals surface area contributed by atoms with Gasteiger partial charge in [-0.05, 0) is 85.8 Å². The molecule has 1 atom stereocenters.